The molecule has 0 aliphatic carbocycles. The summed E-state index contributed by atoms with van der Waals surface area (Å²) in [4.78, 5) is 32.3. The molecule has 7 heteroatoms. The van der Waals surface area contributed by atoms with E-state index in [-0.39, 0.29) is 24.1 Å². The summed E-state index contributed by atoms with van der Waals surface area (Å²) in [5.41, 5.74) is 0.228. The summed E-state index contributed by atoms with van der Waals surface area (Å²) in [5, 5.41) is 2.65. The van der Waals surface area contributed by atoms with Gasteiger partial charge in [0.1, 0.15) is 12.0 Å². The number of hydrogen-bond donors (Lipinski definition) is 1. The van der Waals surface area contributed by atoms with Crippen molar-refractivity contribution in [3.8, 4) is 5.88 Å². The molecule has 0 atom stereocenters. The Labute approximate surface area is 97.8 Å². The number of methoxy groups -OCH3 is 1. The molecule has 17 heavy (non-hydrogen) atoms. The third-order valence-electron chi connectivity index (χ3n) is 2.40. The van der Waals surface area contributed by atoms with Gasteiger partial charge in [-0.2, -0.15) is 0 Å². The molecule has 0 radical (unpaired) electrons. The monoisotopic (exact) mass is 236 g/mol. The number of amides is 2. The normalized spacial score (nSPS) is 15.4. The third-order valence-corrected chi connectivity index (χ3v) is 2.40. The van der Waals surface area contributed by atoms with Gasteiger partial charge in [-0.3, -0.25) is 9.59 Å². The SMILES string of the molecule is COc1cc(C(=O)N2CCNC(=O)C2)ncn1. The minimum Gasteiger partial charge on any atom is -0.481 e. The van der Waals surface area contributed by atoms with Gasteiger partial charge in [-0.05, 0) is 0 Å². The average Bonchev–Trinajstić information content (AvgIpc) is 2.38. The Morgan fingerprint density at radius 3 is 3.06 bits per heavy atom. The molecule has 0 aromatic carbocycles. The highest BCUT2D eigenvalue weighted by Crippen LogP contribution is 2.09. The van der Waals surface area contributed by atoms with Crippen LogP contribution in [-0.2, 0) is 4.79 Å². The molecular formula is C10H12N4O3. The summed E-state index contributed by atoms with van der Waals surface area (Å²) in [7, 11) is 1.46. The number of carbonyl (C=O) groups excluding carboxylic acids is 2. The van der Waals surface area contributed by atoms with E-state index >= 15 is 0 Å². The van der Waals surface area contributed by atoms with Crippen molar-refractivity contribution < 1.29 is 14.3 Å². The van der Waals surface area contributed by atoms with Gasteiger partial charge in [-0.25, -0.2) is 9.97 Å². The first-order chi connectivity index (χ1) is 8.20. The topological polar surface area (TPSA) is 84.4 Å². The molecule has 0 unspecified atom stereocenters. The van der Waals surface area contributed by atoms with E-state index in [1.807, 2.05) is 0 Å². The number of nitrogens with zero attached hydrogens (tertiary/aromatic N) is 3. The van der Waals surface area contributed by atoms with Crippen molar-refractivity contribution in [2.45, 2.75) is 0 Å². The van der Waals surface area contributed by atoms with Gasteiger partial charge in [0.15, 0.2) is 0 Å². The lowest BCUT2D eigenvalue weighted by Gasteiger charge is -2.26. The Bertz CT molecular complexity index is 449. The van der Waals surface area contributed by atoms with Crippen molar-refractivity contribution in [3.63, 3.8) is 0 Å². The van der Waals surface area contributed by atoms with Crippen LogP contribution in [0.3, 0.4) is 0 Å². The van der Waals surface area contributed by atoms with Crippen LogP contribution in [0.4, 0.5) is 0 Å². The van der Waals surface area contributed by atoms with E-state index in [2.05, 4.69) is 15.3 Å². The predicted molar refractivity (Wildman–Crippen MR) is 57.5 cm³/mol. The molecule has 90 valence electrons. The third kappa shape index (κ3) is 2.49. The van der Waals surface area contributed by atoms with Gasteiger partial charge in [-0.1, -0.05) is 0 Å². The molecule has 1 fully saturated rings. The molecule has 1 aliphatic heterocycles. The van der Waals surface area contributed by atoms with Gasteiger partial charge in [0, 0.05) is 19.2 Å². The first-order valence-electron chi connectivity index (χ1n) is 5.12. The van der Waals surface area contributed by atoms with Crippen LogP contribution in [0.15, 0.2) is 12.4 Å². The molecule has 7 nitrogen and oxygen atoms in total. The highest BCUT2D eigenvalue weighted by Gasteiger charge is 2.23. The van der Waals surface area contributed by atoms with E-state index in [1.54, 1.807) is 0 Å². The number of rotatable bonds is 2. The second kappa shape index (κ2) is 4.77. The van der Waals surface area contributed by atoms with Crippen LogP contribution >= 0.6 is 0 Å². The predicted octanol–water partition coefficient (Wildman–Crippen LogP) is -0.943. The first kappa shape index (κ1) is 11.3. The summed E-state index contributed by atoms with van der Waals surface area (Å²) in [5.74, 6) is -0.129. The summed E-state index contributed by atoms with van der Waals surface area (Å²) in [6.45, 7) is 1.01. The van der Waals surface area contributed by atoms with Crippen LogP contribution < -0.4 is 10.1 Å². The lowest BCUT2D eigenvalue weighted by atomic mass is 10.3. The van der Waals surface area contributed by atoms with E-state index in [1.165, 1.54) is 24.4 Å². The van der Waals surface area contributed by atoms with Crippen LogP contribution in [0.1, 0.15) is 10.5 Å². The highest BCUT2D eigenvalue weighted by molar-refractivity contribution is 5.95. The van der Waals surface area contributed by atoms with E-state index < -0.39 is 0 Å². The molecular weight excluding hydrogens is 224 g/mol. The van der Waals surface area contributed by atoms with E-state index in [0.29, 0.717) is 19.0 Å². The Kier molecular flexibility index (Phi) is 3.17. The lowest BCUT2D eigenvalue weighted by Crippen LogP contribution is -2.50. The molecule has 1 aliphatic rings. The smallest absolute Gasteiger partial charge is 0.273 e. The number of carbonyl (C=O) groups is 2. The molecule has 1 aromatic rings. The minimum absolute atomic E-state index is 0.0607. The van der Waals surface area contributed by atoms with E-state index in [0.717, 1.165) is 0 Å². The fraction of sp³-hybridized carbons (Fsp3) is 0.400. The number of aromatic nitrogens is 2. The minimum atomic E-state index is -0.291. The fourth-order valence-corrected chi connectivity index (χ4v) is 1.54. The number of piperazine rings is 1. The highest BCUT2D eigenvalue weighted by atomic mass is 16.5. The van der Waals surface area contributed by atoms with Crippen molar-refractivity contribution in [1.29, 1.82) is 0 Å². The zero-order chi connectivity index (χ0) is 12.3. The molecule has 0 bridgehead atoms. The summed E-state index contributed by atoms with van der Waals surface area (Å²) in [6, 6.07) is 1.45. The summed E-state index contributed by atoms with van der Waals surface area (Å²) in [6.07, 6.45) is 1.26. The van der Waals surface area contributed by atoms with Gasteiger partial charge < -0.3 is 15.0 Å². The van der Waals surface area contributed by atoms with Crippen LogP contribution in [0.5, 0.6) is 5.88 Å². The number of nitrogens with one attached hydrogen (secondary N) is 1. The zero-order valence-corrected chi connectivity index (χ0v) is 9.34. The van der Waals surface area contributed by atoms with E-state index in [9.17, 15) is 9.59 Å². The Hall–Kier alpha value is -2.18. The van der Waals surface area contributed by atoms with Crippen molar-refractivity contribution in [2.75, 3.05) is 26.7 Å². The van der Waals surface area contributed by atoms with Crippen LogP contribution in [0.2, 0.25) is 0 Å². The number of ether oxygens (including phenoxy) is 1. The zero-order valence-electron chi connectivity index (χ0n) is 9.34. The van der Waals surface area contributed by atoms with Gasteiger partial charge in [0.2, 0.25) is 11.8 Å². The number of hydrogen-bond acceptors (Lipinski definition) is 5. The maximum absolute atomic E-state index is 12.0. The molecule has 0 spiro atoms. The maximum Gasteiger partial charge on any atom is 0.273 e. The quantitative estimate of drug-likeness (QED) is 0.716. The second-order valence-corrected chi connectivity index (χ2v) is 3.52. The largest absolute Gasteiger partial charge is 0.481 e. The van der Waals surface area contributed by atoms with Crippen LogP contribution in [0.25, 0.3) is 0 Å². The first-order valence-corrected chi connectivity index (χ1v) is 5.12. The molecule has 0 saturated carbocycles. The molecule has 2 rings (SSSR count). The molecule has 1 N–H and O–H groups in total. The van der Waals surface area contributed by atoms with Crippen LogP contribution in [0, 0.1) is 0 Å². The molecule has 1 aromatic heterocycles. The maximum atomic E-state index is 12.0. The molecule has 1 saturated heterocycles. The van der Waals surface area contributed by atoms with Crippen molar-refractivity contribution in [3.05, 3.63) is 18.1 Å². The van der Waals surface area contributed by atoms with Crippen molar-refractivity contribution in [2.24, 2.45) is 0 Å². The van der Waals surface area contributed by atoms with Gasteiger partial charge in [0.05, 0.1) is 13.7 Å². The second-order valence-electron chi connectivity index (χ2n) is 3.52. The molecule has 2 heterocycles. The fourth-order valence-electron chi connectivity index (χ4n) is 1.54. The van der Waals surface area contributed by atoms with Crippen molar-refractivity contribution in [1.82, 2.24) is 20.2 Å². The Morgan fingerprint density at radius 1 is 1.53 bits per heavy atom. The van der Waals surface area contributed by atoms with Gasteiger partial charge in [0.25, 0.3) is 5.91 Å². The Morgan fingerprint density at radius 2 is 2.35 bits per heavy atom. The van der Waals surface area contributed by atoms with E-state index in [4.69, 9.17) is 4.74 Å². The lowest BCUT2D eigenvalue weighted by molar-refractivity contribution is -0.123. The summed E-state index contributed by atoms with van der Waals surface area (Å²) >= 11 is 0. The Balaban J connectivity index is 2.15. The standard InChI is InChI=1S/C10H12N4O3/c1-17-9-4-7(12-6-13-9)10(16)14-3-2-11-8(15)5-14/h4,6H,2-3,5H2,1H3,(H,11,15). The average molecular weight is 236 g/mol. The van der Waals surface area contributed by atoms with Gasteiger partial charge >= 0.3 is 0 Å². The van der Waals surface area contributed by atoms with Gasteiger partial charge in [-0.15, -0.1) is 0 Å². The van der Waals surface area contributed by atoms with Crippen LogP contribution in [-0.4, -0.2) is 53.4 Å². The summed E-state index contributed by atoms with van der Waals surface area (Å²) < 4.78 is 4.91. The van der Waals surface area contributed by atoms with Crippen molar-refractivity contribution >= 4 is 11.8 Å². The molecule has 2 amide bonds.